The topological polar surface area (TPSA) is 72.8 Å². The highest BCUT2D eigenvalue weighted by Crippen LogP contribution is 2.28. The number of ether oxygens (including phenoxy) is 1. The summed E-state index contributed by atoms with van der Waals surface area (Å²) in [6, 6.07) is 5.86. The van der Waals surface area contributed by atoms with Gasteiger partial charge in [0.05, 0.1) is 0 Å². The highest BCUT2D eigenvalue weighted by atomic mass is 19.3. The van der Waals surface area contributed by atoms with Crippen LogP contribution in [-0.2, 0) is 6.42 Å². The van der Waals surface area contributed by atoms with Gasteiger partial charge in [-0.1, -0.05) is 36.8 Å². The van der Waals surface area contributed by atoms with E-state index in [2.05, 4.69) is 25.3 Å². The number of allylic oxidation sites excluding steroid dienone is 6. The van der Waals surface area contributed by atoms with Crippen LogP contribution in [0.4, 0.5) is 14.6 Å². The molecule has 3 rings (SSSR count). The van der Waals surface area contributed by atoms with E-state index in [-0.39, 0.29) is 5.57 Å². The molecule has 0 aliphatic heterocycles. The second kappa shape index (κ2) is 11.6. The van der Waals surface area contributed by atoms with Gasteiger partial charge in [0.25, 0.3) is 5.92 Å². The molecule has 0 radical (unpaired) electrons. The Hall–Kier alpha value is -3.68. The molecule has 0 bridgehead atoms. The zero-order chi connectivity index (χ0) is 25.4. The van der Waals surface area contributed by atoms with E-state index in [0.29, 0.717) is 35.0 Å². The second-order valence-corrected chi connectivity index (χ2v) is 8.46. The van der Waals surface area contributed by atoms with Crippen molar-refractivity contribution in [3.8, 4) is 5.75 Å². The molecule has 0 aliphatic rings. The van der Waals surface area contributed by atoms with Crippen LogP contribution in [0.25, 0.3) is 11.2 Å². The lowest BCUT2D eigenvalue weighted by molar-refractivity contribution is 0.0671. The summed E-state index contributed by atoms with van der Waals surface area (Å²) in [7, 11) is 0. The molecule has 0 saturated heterocycles. The Kier molecular flexibility index (Phi) is 8.63. The van der Waals surface area contributed by atoms with Crippen LogP contribution in [-0.4, -0.2) is 32.4 Å². The van der Waals surface area contributed by atoms with Gasteiger partial charge in [-0.25, -0.2) is 28.7 Å². The van der Waals surface area contributed by atoms with Crippen molar-refractivity contribution in [3.63, 3.8) is 0 Å². The first-order chi connectivity index (χ1) is 16.7. The van der Waals surface area contributed by atoms with Gasteiger partial charge in [0.2, 0.25) is 0 Å². The molecule has 0 fully saturated rings. The Labute approximate surface area is 204 Å². The van der Waals surface area contributed by atoms with E-state index in [1.165, 1.54) is 18.5 Å². The Bertz CT molecular complexity index is 1260. The number of rotatable bonds is 10. The number of aryl methyl sites for hydroxylation is 1. The first-order valence-electron chi connectivity index (χ1n) is 11.5. The fourth-order valence-electron chi connectivity index (χ4n) is 3.32. The fraction of sp³-hybridized carbons (Fsp3) is 0.333. The van der Waals surface area contributed by atoms with E-state index < -0.39 is 5.92 Å². The summed E-state index contributed by atoms with van der Waals surface area (Å²) < 4.78 is 34.1. The lowest BCUT2D eigenvalue weighted by Gasteiger charge is -2.15. The molecule has 8 heteroatoms. The van der Waals surface area contributed by atoms with Crippen molar-refractivity contribution in [2.24, 2.45) is 0 Å². The van der Waals surface area contributed by atoms with E-state index in [9.17, 15) is 8.78 Å². The lowest BCUT2D eigenvalue weighted by atomic mass is 10.1. The highest BCUT2D eigenvalue weighted by molar-refractivity contribution is 5.81. The van der Waals surface area contributed by atoms with E-state index >= 15 is 0 Å². The van der Waals surface area contributed by atoms with Crippen molar-refractivity contribution in [2.45, 2.75) is 53.4 Å². The molecule has 0 saturated carbocycles. The molecule has 0 spiro atoms. The molecule has 0 aliphatic carbocycles. The molecule has 2 aromatic heterocycles. The third kappa shape index (κ3) is 7.40. The number of nitrogens with zero attached hydrogens (tertiary/aromatic N) is 4. The van der Waals surface area contributed by atoms with Gasteiger partial charge >= 0.3 is 0 Å². The van der Waals surface area contributed by atoms with Crippen LogP contribution in [0.3, 0.4) is 0 Å². The Morgan fingerprint density at radius 3 is 2.57 bits per heavy atom. The van der Waals surface area contributed by atoms with Crippen LogP contribution in [0.2, 0.25) is 0 Å². The maximum Gasteiger partial charge on any atom is 0.270 e. The monoisotopic (exact) mass is 479 g/mol. The van der Waals surface area contributed by atoms with Gasteiger partial charge < -0.3 is 10.1 Å². The number of anilines is 1. The molecule has 35 heavy (non-hydrogen) atoms. The SMILES string of the molecule is CCC(C)=CC=C(C=C(C)Oc1ccc(CCNc2ncnc3nccnc23)cc1C)C(C)(F)F. The molecule has 0 unspecified atom stereocenters. The van der Waals surface area contributed by atoms with Gasteiger partial charge in [0.1, 0.15) is 23.4 Å². The van der Waals surface area contributed by atoms with Crippen LogP contribution in [0.15, 0.2) is 72.1 Å². The summed E-state index contributed by atoms with van der Waals surface area (Å²) in [5, 5.41) is 3.29. The summed E-state index contributed by atoms with van der Waals surface area (Å²) in [6.07, 6.45) is 10.8. The van der Waals surface area contributed by atoms with Gasteiger partial charge in [-0.3, -0.25) is 0 Å². The normalized spacial score (nSPS) is 13.3. The molecule has 184 valence electrons. The number of hydrogen-bond acceptors (Lipinski definition) is 6. The number of halogens is 2. The highest BCUT2D eigenvalue weighted by Gasteiger charge is 2.25. The van der Waals surface area contributed by atoms with Crippen molar-refractivity contribution in [1.82, 2.24) is 19.9 Å². The summed E-state index contributed by atoms with van der Waals surface area (Å²) in [5.41, 5.74) is 4.13. The number of alkyl halides is 2. The summed E-state index contributed by atoms with van der Waals surface area (Å²) in [4.78, 5) is 16.9. The van der Waals surface area contributed by atoms with Gasteiger partial charge in [0, 0.05) is 31.4 Å². The molecule has 6 nitrogen and oxygen atoms in total. The van der Waals surface area contributed by atoms with Crippen LogP contribution >= 0.6 is 0 Å². The molecule has 1 aromatic carbocycles. The summed E-state index contributed by atoms with van der Waals surface area (Å²) in [6.45, 7) is 9.06. The lowest BCUT2D eigenvalue weighted by Crippen LogP contribution is -2.13. The van der Waals surface area contributed by atoms with Gasteiger partial charge in [0.15, 0.2) is 11.5 Å². The molecule has 2 heterocycles. The summed E-state index contributed by atoms with van der Waals surface area (Å²) in [5.74, 6) is -1.30. The van der Waals surface area contributed by atoms with Crippen molar-refractivity contribution in [1.29, 1.82) is 0 Å². The average Bonchev–Trinajstić information content (AvgIpc) is 2.82. The Morgan fingerprint density at radius 1 is 1.09 bits per heavy atom. The van der Waals surface area contributed by atoms with Crippen LogP contribution in [0.1, 0.15) is 45.2 Å². The zero-order valence-corrected chi connectivity index (χ0v) is 20.8. The van der Waals surface area contributed by atoms with Crippen molar-refractivity contribution >= 4 is 17.0 Å². The zero-order valence-electron chi connectivity index (χ0n) is 20.8. The maximum absolute atomic E-state index is 14.1. The fourth-order valence-corrected chi connectivity index (χ4v) is 3.32. The van der Waals surface area contributed by atoms with E-state index in [1.807, 2.05) is 39.0 Å². The van der Waals surface area contributed by atoms with Gasteiger partial charge in [-0.15, -0.1) is 0 Å². The maximum atomic E-state index is 14.1. The Morgan fingerprint density at radius 2 is 1.86 bits per heavy atom. The number of aromatic nitrogens is 4. The molecular weight excluding hydrogens is 448 g/mol. The average molecular weight is 480 g/mol. The van der Waals surface area contributed by atoms with Crippen molar-refractivity contribution < 1.29 is 13.5 Å². The quantitative estimate of drug-likeness (QED) is 0.261. The summed E-state index contributed by atoms with van der Waals surface area (Å²) >= 11 is 0. The standard InChI is InChI=1S/C27H31F2N5O/c1-6-18(2)7-9-22(27(5,28)29)16-20(4)35-23-10-8-21(15-19(23)3)11-12-31-25-24-26(34-17-33-25)32-14-13-30-24/h7-10,13-17H,6,11-12H2,1-5H3,(H,31,32,33,34). The molecular formula is C27H31F2N5O. The number of nitrogens with one attached hydrogen (secondary N) is 1. The predicted molar refractivity (Wildman–Crippen MR) is 136 cm³/mol. The number of fused-ring (bicyclic) bond motifs is 1. The second-order valence-electron chi connectivity index (χ2n) is 8.46. The minimum absolute atomic E-state index is 0.0925. The molecule has 0 atom stereocenters. The Balaban J connectivity index is 1.66. The third-order valence-electron chi connectivity index (χ3n) is 5.46. The van der Waals surface area contributed by atoms with Crippen molar-refractivity contribution in [3.05, 3.63) is 83.2 Å². The van der Waals surface area contributed by atoms with E-state index in [4.69, 9.17) is 4.74 Å². The first-order valence-corrected chi connectivity index (χ1v) is 11.5. The van der Waals surface area contributed by atoms with Crippen LogP contribution in [0, 0.1) is 6.92 Å². The first kappa shape index (κ1) is 25.9. The molecule has 0 amide bonds. The van der Waals surface area contributed by atoms with E-state index in [1.54, 1.807) is 25.4 Å². The van der Waals surface area contributed by atoms with Crippen LogP contribution < -0.4 is 10.1 Å². The minimum Gasteiger partial charge on any atom is -0.462 e. The van der Waals surface area contributed by atoms with Crippen LogP contribution in [0.5, 0.6) is 5.75 Å². The molecule has 3 aromatic rings. The third-order valence-corrected chi connectivity index (χ3v) is 5.46. The minimum atomic E-state index is -2.97. The van der Waals surface area contributed by atoms with Gasteiger partial charge in [-0.05, 0) is 56.9 Å². The predicted octanol–water partition coefficient (Wildman–Crippen LogP) is 6.60. The van der Waals surface area contributed by atoms with E-state index in [0.717, 1.165) is 36.5 Å². The smallest absolute Gasteiger partial charge is 0.270 e. The largest absolute Gasteiger partial charge is 0.462 e. The number of hydrogen-bond donors (Lipinski definition) is 1. The van der Waals surface area contributed by atoms with Gasteiger partial charge in [-0.2, -0.15) is 0 Å². The van der Waals surface area contributed by atoms with Crippen molar-refractivity contribution in [2.75, 3.05) is 11.9 Å². The number of benzene rings is 1. The molecule has 1 N–H and O–H groups in total.